The van der Waals surface area contributed by atoms with E-state index in [2.05, 4.69) is 79.8 Å². The molecule has 0 fully saturated rings. The number of nitrogens with zero attached hydrogens (tertiary/aromatic N) is 2. The molecule has 0 saturated heterocycles. The zero-order valence-corrected chi connectivity index (χ0v) is 32.7. The van der Waals surface area contributed by atoms with Gasteiger partial charge in [0.15, 0.2) is 10.1 Å². The molecule has 0 saturated carbocycles. The van der Waals surface area contributed by atoms with E-state index in [1.54, 1.807) is 0 Å². The van der Waals surface area contributed by atoms with Gasteiger partial charge in [-0.3, -0.25) is 0 Å². The van der Waals surface area contributed by atoms with Crippen LogP contribution in [-0.2, 0) is 36.7 Å². The maximum atomic E-state index is 10.7. The van der Waals surface area contributed by atoms with Gasteiger partial charge in [-0.25, -0.2) is 17.6 Å². The number of hydrogen-bond donors (Lipinski definition) is 0. The van der Waals surface area contributed by atoms with Gasteiger partial charge in [0.2, 0.25) is 0 Å². The molecule has 0 atom stereocenters. The van der Waals surface area contributed by atoms with Crippen molar-refractivity contribution in [3.63, 3.8) is 0 Å². The second kappa shape index (κ2) is 18.2. The van der Waals surface area contributed by atoms with Crippen molar-refractivity contribution in [1.29, 1.82) is 0 Å². The summed E-state index contributed by atoms with van der Waals surface area (Å²) in [5.41, 5.74) is 1.12. The predicted octanol–water partition coefficient (Wildman–Crippen LogP) is 4.55. The lowest BCUT2D eigenvalue weighted by Gasteiger charge is -2.29. The molecule has 0 aliphatic heterocycles. The van der Waals surface area contributed by atoms with Gasteiger partial charge < -0.3 is 31.1 Å². The molecule has 0 amide bonds. The summed E-state index contributed by atoms with van der Waals surface area (Å²) in [5.74, 6) is 0. The summed E-state index contributed by atoms with van der Waals surface area (Å²) >= 11 is 0. The van der Waals surface area contributed by atoms with Gasteiger partial charge in [0, 0.05) is 50.0 Å². The Balaban J connectivity index is 0.000000924. The van der Waals surface area contributed by atoms with Gasteiger partial charge in [-0.15, -0.1) is 0 Å². The molecule has 0 bridgehead atoms. The van der Waals surface area contributed by atoms with E-state index >= 15 is 0 Å². The fourth-order valence-electron chi connectivity index (χ4n) is 5.59. The van der Waals surface area contributed by atoms with Crippen LogP contribution in [0.2, 0.25) is 0 Å². The Morgan fingerprint density at radius 1 is 0.673 bits per heavy atom. The molecule has 0 unspecified atom stereocenters. The Bertz CT molecular complexity index is 1460. The van der Waals surface area contributed by atoms with Crippen molar-refractivity contribution < 1.29 is 57.3 Å². The largest absolute Gasteiger partial charge is 0.741 e. The van der Waals surface area contributed by atoms with E-state index in [0.29, 0.717) is 39.6 Å². The predicted molar refractivity (Wildman–Crippen MR) is 183 cm³/mol. The van der Waals surface area contributed by atoms with Crippen molar-refractivity contribution in [2.45, 2.75) is 74.7 Å². The van der Waals surface area contributed by atoms with E-state index < -0.39 is 33.2 Å². The van der Waals surface area contributed by atoms with Crippen molar-refractivity contribution >= 4 is 38.1 Å². The van der Waals surface area contributed by atoms with Crippen LogP contribution in [0.5, 0.6) is 0 Å². The minimum absolute atomic E-state index is 0.532. The number of hydrogen-bond acceptors (Lipinski definition) is 9. The SMILES string of the molecule is CCO[Si](OCC)(OCC)c1cc(C)c(-n2cc[n+](-c3c(C)cc([Si](OCC)(OCC)OCC)cc3C)c2)c(C)c1.O=S(=O)([O-])C(F)(F)F. The summed E-state index contributed by atoms with van der Waals surface area (Å²) in [7, 11) is -12.1. The zero-order valence-electron chi connectivity index (χ0n) is 29.9. The van der Waals surface area contributed by atoms with E-state index in [1.165, 1.54) is 0 Å². The number of aryl methyl sites for hydroxylation is 4. The average molecular weight is 751 g/mol. The van der Waals surface area contributed by atoms with Crippen molar-refractivity contribution in [2.75, 3.05) is 39.6 Å². The molecule has 0 spiro atoms. The van der Waals surface area contributed by atoms with Gasteiger partial charge in [0.25, 0.3) is 6.33 Å². The number of alkyl halides is 3. The first-order chi connectivity index (χ1) is 22.9. The maximum absolute atomic E-state index is 10.7. The summed E-state index contributed by atoms with van der Waals surface area (Å²) in [4.78, 5) is 0. The molecule has 1 aromatic heterocycles. The molecule has 3 aromatic rings. The molecule has 11 nitrogen and oxygen atoms in total. The number of benzene rings is 2. The van der Waals surface area contributed by atoms with E-state index in [9.17, 15) is 13.2 Å². The topological polar surface area (TPSA) is 121 Å². The Kier molecular flexibility index (Phi) is 15.8. The zero-order chi connectivity index (χ0) is 37.2. The third-order valence-electron chi connectivity index (χ3n) is 7.13. The molecular formula is C32H49F3N2O9SSi2. The summed E-state index contributed by atoms with van der Waals surface area (Å²) in [6, 6.07) is 8.63. The number of aromatic nitrogens is 2. The first-order valence-corrected chi connectivity index (χ1v) is 21.0. The van der Waals surface area contributed by atoms with Crippen molar-refractivity contribution in [2.24, 2.45) is 0 Å². The molecule has 0 aliphatic carbocycles. The van der Waals surface area contributed by atoms with Crippen LogP contribution in [0.15, 0.2) is 43.0 Å². The van der Waals surface area contributed by atoms with Crippen LogP contribution in [0, 0.1) is 27.7 Å². The van der Waals surface area contributed by atoms with Crippen LogP contribution < -0.4 is 14.9 Å². The third kappa shape index (κ3) is 10.3. The lowest BCUT2D eigenvalue weighted by atomic mass is 10.1. The van der Waals surface area contributed by atoms with E-state index in [4.69, 9.17) is 39.5 Å². The lowest BCUT2D eigenvalue weighted by molar-refractivity contribution is -0.595. The Morgan fingerprint density at radius 3 is 1.27 bits per heavy atom. The van der Waals surface area contributed by atoms with Crippen LogP contribution >= 0.6 is 0 Å². The highest BCUT2D eigenvalue weighted by molar-refractivity contribution is 7.86. The minimum Gasteiger partial charge on any atom is -0.741 e. The molecule has 0 N–H and O–H groups in total. The van der Waals surface area contributed by atoms with Crippen LogP contribution in [0.25, 0.3) is 11.4 Å². The fourth-order valence-corrected chi connectivity index (χ4v) is 10.9. The van der Waals surface area contributed by atoms with Gasteiger partial charge >= 0.3 is 23.1 Å². The van der Waals surface area contributed by atoms with E-state index in [1.807, 2.05) is 41.5 Å². The maximum Gasteiger partial charge on any atom is 0.537 e. The van der Waals surface area contributed by atoms with Gasteiger partial charge in [0.1, 0.15) is 23.8 Å². The molecule has 2 aromatic carbocycles. The Labute approximate surface area is 290 Å². The summed E-state index contributed by atoms with van der Waals surface area (Å²) < 4.78 is 100. The van der Waals surface area contributed by atoms with Crippen LogP contribution in [0.4, 0.5) is 13.2 Å². The first kappa shape index (κ1) is 42.7. The lowest BCUT2D eigenvalue weighted by Crippen LogP contribution is -2.57. The Morgan fingerprint density at radius 2 is 0.980 bits per heavy atom. The van der Waals surface area contributed by atoms with Crippen molar-refractivity contribution in [3.05, 3.63) is 65.2 Å². The highest BCUT2D eigenvalue weighted by Crippen LogP contribution is 2.23. The number of rotatable bonds is 16. The molecule has 3 rings (SSSR count). The van der Waals surface area contributed by atoms with Crippen LogP contribution in [-0.4, -0.2) is 80.3 Å². The molecular weight excluding hydrogens is 702 g/mol. The third-order valence-corrected chi connectivity index (χ3v) is 13.7. The van der Waals surface area contributed by atoms with Gasteiger partial charge in [-0.1, -0.05) is 0 Å². The number of halogens is 3. The van der Waals surface area contributed by atoms with E-state index in [0.717, 1.165) is 44.0 Å². The summed E-state index contributed by atoms with van der Waals surface area (Å²) in [6.45, 7) is 23.6. The van der Waals surface area contributed by atoms with Gasteiger partial charge in [-0.2, -0.15) is 13.2 Å². The highest BCUT2D eigenvalue weighted by atomic mass is 32.2. The quantitative estimate of drug-likeness (QED) is 0.0899. The van der Waals surface area contributed by atoms with Crippen LogP contribution in [0.1, 0.15) is 63.8 Å². The normalized spacial score (nSPS) is 12.6. The van der Waals surface area contributed by atoms with Crippen LogP contribution in [0.3, 0.4) is 0 Å². The minimum atomic E-state index is -6.09. The second-order valence-electron chi connectivity index (χ2n) is 10.8. The first-order valence-electron chi connectivity index (χ1n) is 16.1. The van der Waals surface area contributed by atoms with Gasteiger partial charge in [0.05, 0.1) is 0 Å². The fraction of sp³-hybridized carbons (Fsp3) is 0.531. The summed E-state index contributed by atoms with van der Waals surface area (Å²) in [5, 5.41) is 1.99. The highest BCUT2D eigenvalue weighted by Gasteiger charge is 2.45. The molecule has 0 radical (unpaired) electrons. The second-order valence-corrected chi connectivity index (χ2v) is 17.2. The Hall–Kier alpha value is -2.46. The smallest absolute Gasteiger partial charge is 0.537 e. The number of imidazole rings is 1. The monoisotopic (exact) mass is 750 g/mol. The molecule has 276 valence electrons. The van der Waals surface area contributed by atoms with Crippen molar-refractivity contribution in [3.8, 4) is 11.4 Å². The molecule has 49 heavy (non-hydrogen) atoms. The van der Waals surface area contributed by atoms with Gasteiger partial charge in [-0.05, 0) is 116 Å². The summed E-state index contributed by atoms with van der Waals surface area (Å²) in [6.07, 6.45) is 6.32. The molecule has 0 aliphatic rings. The standard InChI is InChI=1S/C31H49N2O6Si2.CHF3O3S/c1-11-34-40(35-12-2,36-13-3)28-19-24(7)30(25(8)20-28)32-17-18-33(23-32)31-26(9)21-29(22-27(31)10)41(37-14-4,38-15-5)39-16-6;2-1(3,4)8(5,6)7/h17-23H,11-16H2,1-10H3;(H,5,6,7)/q+1;/p-1. The van der Waals surface area contributed by atoms with Crippen molar-refractivity contribution in [1.82, 2.24) is 4.57 Å². The molecule has 17 heteroatoms. The average Bonchev–Trinajstić information content (AvgIpc) is 3.45. The van der Waals surface area contributed by atoms with E-state index in [-0.39, 0.29) is 0 Å². The molecule has 1 heterocycles.